The van der Waals surface area contributed by atoms with Crippen molar-refractivity contribution in [2.75, 3.05) is 33.4 Å². The third-order valence-corrected chi connectivity index (χ3v) is 2.70. The maximum Gasteiger partial charge on any atom is 0.237 e. The van der Waals surface area contributed by atoms with Crippen molar-refractivity contribution in [2.24, 2.45) is 11.7 Å². The van der Waals surface area contributed by atoms with Crippen LogP contribution >= 0.6 is 0 Å². The number of nitrogens with one attached hydrogen (secondary N) is 2. The fourth-order valence-corrected chi connectivity index (χ4v) is 2.02. The summed E-state index contributed by atoms with van der Waals surface area (Å²) in [5.74, 6) is 0.0643. The molecular formula is C9H19N3O3. The van der Waals surface area contributed by atoms with Crippen molar-refractivity contribution < 1.29 is 14.6 Å². The summed E-state index contributed by atoms with van der Waals surface area (Å²) in [5, 5.41) is 13.3. The van der Waals surface area contributed by atoms with Gasteiger partial charge in [0, 0.05) is 32.7 Å². The fourth-order valence-electron chi connectivity index (χ4n) is 2.02. The van der Waals surface area contributed by atoms with Gasteiger partial charge in [-0.15, -0.1) is 0 Å². The minimum absolute atomic E-state index is 0.0347. The molecule has 15 heavy (non-hydrogen) atoms. The molecule has 0 aliphatic carbocycles. The van der Waals surface area contributed by atoms with E-state index in [-0.39, 0.29) is 18.1 Å². The molecular weight excluding hydrogens is 198 g/mol. The molecule has 2 saturated heterocycles. The Morgan fingerprint density at radius 1 is 1.47 bits per heavy atom. The second-order valence-corrected chi connectivity index (χ2v) is 3.59. The van der Waals surface area contributed by atoms with Gasteiger partial charge in [-0.2, -0.15) is 0 Å². The van der Waals surface area contributed by atoms with Crippen molar-refractivity contribution >= 4 is 5.91 Å². The van der Waals surface area contributed by atoms with E-state index >= 15 is 0 Å². The molecule has 0 aromatic carbocycles. The number of hydrogen-bond acceptors (Lipinski definition) is 5. The third kappa shape index (κ3) is 2.88. The zero-order chi connectivity index (χ0) is 11.3. The summed E-state index contributed by atoms with van der Waals surface area (Å²) in [6, 6.07) is -0.301. The Balaban J connectivity index is 0.000000531. The summed E-state index contributed by atoms with van der Waals surface area (Å²) in [6.45, 7) is 3.23. The highest BCUT2D eigenvalue weighted by Crippen LogP contribution is 2.19. The Morgan fingerprint density at radius 2 is 2.20 bits per heavy atom. The van der Waals surface area contributed by atoms with Crippen LogP contribution in [0.15, 0.2) is 0 Å². The van der Waals surface area contributed by atoms with Gasteiger partial charge in [-0.3, -0.25) is 4.79 Å². The lowest BCUT2D eigenvalue weighted by atomic mass is 10.0. The SMILES string of the molecule is CO.NC(=O)C1NCC2CNCCOC21. The van der Waals surface area contributed by atoms with Crippen LogP contribution in [0.5, 0.6) is 0 Å². The van der Waals surface area contributed by atoms with E-state index in [1.54, 1.807) is 0 Å². The number of nitrogens with two attached hydrogens (primary N) is 1. The normalized spacial score (nSPS) is 34.7. The smallest absolute Gasteiger partial charge is 0.237 e. The molecule has 0 aromatic heterocycles. The number of carbonyl (C=O) groups is 1. The van der Waals surface area contributed by atoms with Crippen LogP contribution in [-0.4, -0.2) is 56.5 Å². The molecule has 0 aromatic rings. The van der Waals surface area contributed by atoms with Crippen molar-refractivity contribution in [3.8, 4) is 0 Å². The van der Waals surface area contributed by atoms with Crippen LogP contribution in [0.3, 0.4) is 0 Å². The third-order valence-electron chi connectivity index (χ3n) is 2.70. The predicted octanol–water partition coefficient (Wildman–Crippen LogP) is -2.34. The van der Waals surface area contributed by atoms with Crippen LogP contribution in [0.1, 0.15) is 0 Å². The van der Waals surface area contributed by atoms with Crippen molar-refractivity contribution in [3.63, 3.8) is 0 Å². The van der Waals surface area contributed by atoms with E-state index in [0.717, 1.165) is 26.7 Å². The second-order valence-electron chi connectivity index (χ2n) is 3.59. The van der Waals surface area contributed by atoms with Crippen LogP contribution in [0.25, 0.3) is 0 Å². The summed E-state index contributed by atoms with van der Waals surface area (Å²) in [5.41, 5.74) is 5.25. The molecule has 2 rings (SSSR count). The van der Waals surface area contributed by atoms with Gasteiger partial charge >= 0.3 is 0 Å². The van der Waals surface area contributed by atoms with E-state index < -0.39 is 0 Å². The van der Waals surface area contributed by atoms with Gasteiger partial charge in [0.1, 0.15) is 6.04 Å². The maximum atomic E-state index is 11.0. The minimum Gasteiger partial charge on any atom is -0.400 e. The summed E-state index contributed by atoms with van der Waals surface area (Å²) in [4.78, 5) is 11.0. The Hall–Kier alpha value is -0.690. The van der Waals surface area contributed by atoms with Gasteiger partial charge in [0.05, 0.1) is 12.7 Å². The van der Waals surface area contributed by atoms with Gasteiger partial charge in [-0.05, 0) is 0 Å². The van der Waals surface area contributed by atoms with Crippen LogP contribution in [0, 0.1) is 5.92 Å². The standard InChI is InChI=1S/C8H15N3O2.CH4O/c9-8(12)6-7-5(4-11-6)3-10-1-2-13-7;1-2/h5-7,10-11H,1-4H2,(H2,9,12);2H,1H3. The van der Waals surface area contributed by atoms with E-state index in [1.807, 2.05) is 0 Å². The first-order valence-corrected chi connectivity index (χ1v) is 5.09. The number of hydrogen-bond donors (Lipinski definition) is 4. The van der Waals surface area contributed by atoms with Gasteiger partial charge in [-0.25, -0.2) is 0 Å². The highest BCUT2D eigenvalue weighted by Gasteiger charge is 2.40. The molecule has 0 spiro atoms. The van der Waals surface area contributed by atoms with E-state index in [1.165, 1.54) is 0 Å². The van der Waals surface area contributed by atoms with Crippen LogP contribution < -0.4 is 16.4 Å². The molecule has 5 N–H and O–H groups in total. The topological polar surface area (TPSA) is 96.6 Å². The number of rotatable bonds is 1. The Labute approximate surface area is 89.2 Å². The largest absolute Gasteiger partial charge is 0.400 e. The number of aliphatic hydroxyl groups excluding tert-OH is 1. The fraction of sp³-hybridized carbons (Fsp3) is 0.889. The molecule has 0 bridgehead atoms. The minimum atomic E-state index is -0.311. The van der Waals surface area contributed by atoms with Crippen LogP contribution in [0.2, 0.25) is 0 Å². The van der Waals surface area contributed by atoms with E-state index in [0.29, 0.717) is 12.5 Å². The van der Waals surface area contributed by atoms with Gasteiger partial charge in [0.15, 0.2) is 0 Å². The maximum absolute atomic E-state index is 11.0. The lowest BCUT2D eigenvalue weighted by molar-refractivity contribution is -0.122. The predicted molar refractivity (Wildman–Crippen MR) is 55.2 cm³/mol. The van der Waals surface area contributed by atoms with Crippen LogP contribution in [0.4, 0.5) is 0 Å². The average molecular weight is 217 g/mol. The molecule has 2 aliphatic rings. The lowest BCUT2D eigenvalue weighted by Crippen LogP contribution is -2.45. The number of primary amides is 1. The van der Waals surface area contributed by atoms with Gasteiger partial charge < -0.3 is 26.2 Å². The van der Waals surface area contributed by atoms with Gasteiger partial charge in [-0.1, -0.05) is 0 Å². The van der Waals surface area contributed by atoms with Crippen LogP contribution in [-0.2, 0) is 9.53 Å². The Bertz CT molecular complexity index is 213. The van der Waals surface area contributed by atoms with Gasteiger partial charge in [0.2, 0.25) is 5.91 Å². The van der Waals surface area contributed by atoms with E-state index in [9.17, 15) is 4.79 Å². The molecule has 6 heteroatoms. The van der Waals surface area contributed by atoms with Crippen molar-refractivity contribution in [1.82, 2.24) is 10.6 Å². The first-order valence-electron chi connectivity index (χ1n) is 5.09. The van der Waals surface area contributed by atoms with E-state index in [2.05, 4.69) is 10.6 Å². The quantitative estimate of drug-likeness (QED) is 0.394. The highest BCUT2D eigenvalue weighted by atomic mass is 16.5. The molecule has 0 saturated carbocycles. The average Bonchev–Trinajstić information content (AvgIpc) is 2.51. The molecule has 2 heterocycles. The monoisotopic (exact) mass is 217 g/mol. The number of amides is 1. The zero-order valence-electron chi connectivity index (χ0n) is 8.90. The summed E-state index contributed by atoms with van der Waals surface area (Å²) < 4.78 is 5.57. The summed E-state index contributed by atoms with van der Waals surface area (Å²) in [6.07, 6.45) is -0.0347. The first kappa shape index (κ1) is 12.4. The van der Waals surface area contributed by atoms with Crippen molar-refractivity contribution in [2.45, 2.75) is 12.1 Å². The second kappa shape index (κ2) is 6.02. The number of ether oxygens (including phenoxy) is 1. The molecule has 6 nitrogen and oxygen atoms in total. The molecule has 88 valence electrons. The van der Waals surface area contributed by atoms with Gasteiger partial charge in [0.25, 0.3) is 0 Å². The number of aliphatic hydroxyl groups is 1. The van der Waals surface area contributed by atoms with Crippen molar-refractivity contribution in [3.05, 3.63) is 0 Å². The number of fused-ring (bicyclic) bond motifs is 1. The molecule has 2 fully saturated rings. The number of carbonyl (C=O) groups excluding carboxylic acids is 1. The molecule has 0 radical (unpaired) electrons. The highest BCUT2D eigenvalue weighted by molar-refractivity contribution is 5.81. The molecule has 3 unspecified atom stereocenters. The lowest BCUT2D eigenvalue weighted by Gasteiger charge is -2.18. The van der Waals surface area contributed by atoms with Crippen molar-refractivity contribution in [1.29, 1.82) is 0 Å². The zero-order valence-corrected chi connectivity index (χ0v) is 8.90. The Kier molecular flexibility index (Phi) is 4.97. The summed E-state index contributed by atoms with van der Waals surface area (Å²) >= 11 is 0. The molecule has 1 amide bonds. The Morgan fingerprint density at radius 3 is 2.87 bits per heavy atom. The first-order chi connectivity index (χ1) is 7.29. The molecule has 2 aliphatic heterocycles. The summed E-state index contributed by atoms with van der Waals surface area (Å²) in [7, 11) is 1.00. The molecule has 3 atom stereocenters. The van der Waals surface area contributed by atoms with E-state index in [4.69, 9.17) is 15.6 Å².